The zero-order valence-corrected chi connectivity index (χ0v) is 40.9. The summed E-state index contributed by atoms with van der Waals surface area (Å²) in [7, 11) is 0. The Balaban J connectivity index is 1.11. The fraction of sp³-hybridized carbons (Fsp3) is 0.551. The minimum absolute atomic E-state index is 0.0366. The van der Waals surface area contributed by atoms with E-state index in [1.165, 1.54) is 0 Å². The Hall–Kier alpha value is -6.46. The molecule has 2 bridgehead atoms. The molecule has 0 saturated heterocycles. The van der Waals surface area contributed by atoms with Crippen molar-refractivity contribution in [2.45, 2.75) is 138 Å². The third-order valence-corrected chi connectivity index (χ3v) is 10.7. The zero-order valence-electron chi connectivity index (χ0n) is 40.9. The fourth-order valence-corrected chi connectivity index (χ4v) is 7.87. The van der Waals surface area contributed by atoms with Crippen molar-refractivity contribution in [1.82, 2.24) is 20.9 Å². The summed E-state index contributed by atoms with van der Waals surface area (Å²) in [6.45, 7) is 21.9. The van der Waals surface area contributed by atoms with Gasteiger partial charge >= 0.3 is 24.4 Å². The largest absolute Gasteiger partial charge is 0.444 e. The molecule has 6 rings (SSSR count). The number of carbonyl (C=O) groups excluding carboxylic acids is 6. The molecule has 18 heteroatoms. The average Bonchev–Trinajstić information content (AvgIpc) is 3.75. The third kappa shape index (κ3) is 16.1. The van der Waals surface area contributed by atoms with Crippen LogP contribution in [-0.2, 0) is 35.0 Å². The number of amides is 6. The van der Waals surface area contributed by atoms with Gasteiger partial charge in [0.15, 0.2) is 0 Å². The Bertz CT molecular complexity index is 2250. The van der Waals surface area contributed by atoms with Gasteiger partial charge in [-0.1, -0.05) is 30.3 Å². The van der Waals surface area contributed by atoms with Crippen LogP contribution in [0, 0.1) is 17.3 Å². The molecule has 18 nitrogen and oxygen atoms in total. The van der Waals surface area contributed by atoms with Crippen LogP contribution in [-0.4, -0.2) is 95.0 Å². The first-order valence-corrected chi connectivity index (χ1v) is 22.7. The zero-order chi connectivity index (χ0) is 49.5. The van der Waals surface area contributed by atoms with Gasteiger partial charge < -0.3 is 39.8 Å². The number of ether oxygens (including phenoxy) is 4. The minimum Gasteiger partial charge on any atom is -0.444 e. The lowest BCUT2D eigenvalue weighted by molar-refractivity contribution is -0.129. The molecule has 2 aromatic rings. The second-order valence-corrected chi connectivity index (χ2v) is 21.2. The van der Waals surface area contributed by atoms with Crippen molar-refractivity contribution in [2.24, 2.45) is 27.2 Å². The second kappa shape index (κ2) is 20.6. The first-order chi connectivity index (χ1) is 31.0. The molecule has 1 unspecified atom stereocenters. The summed E-state index contributed by atoms with van der Waals surface area (Å²) >= 11 is 0. The number of nitrogens with zero attached hydrogens (tertiary/aromatic N) is 3. The highest BCUT2D eigenvalue weighted by molar-refractivity contribution is 6.01. The molecule has 3 aliphatic carbocycles. The van der Waals surface area contributed by atoms with Crippen LogP contribution >= 0.6 is 0 Å². The second-order valence-electron chi connectivity index (χ2n) is 21.2. The Morgan fingerprint density at radius 2 is 1.18 bits per heavy atom. The number of guanidine groups is 2. The van der Waals surface area contributed by atoms with E-state index in [9.17, 15) is 28.8 Å². The van der Waals surface area contributed by atoms with Crippen LogP contribution in [0.3, 0.4) is 0 Å². The van der Waals surface area contributed by atoms with Gasteiger partial charge in [-0.2, -0.15) is 0 Å². The van der Waals surface area contributed by atoms with E-state index in [1.54, 1.807) is 88.0 Å². The van der Waals surface area contributed by atoms with Crippen molar-refractivity contribution in [3.63, 3.8) is 0 Å². The maximum atomic E-state index is 13.6. The summed E-state index contributed by atoms with van der Waals surface area (Å²) in [6, 6.07) is 15.0. The number of aliphatic imine (C=N–C) groups is 2. The lowest BCUT2D eigenvalue weighted by Gasteiger charge is -2.36. The number of nitrogens with one attached hydrogen (secondary N) is 5. The predicted octanol–water partition coefficient (Wildman–Crippen LogP) is 8.53. The smallest absolute Gasteiger partial charge is 0.437 e. The number of alkyl carbamates (subject to hydrolysis) is 2. The highest BCUT2D eigenvalue weighted by atomic mass is 16.6. The van der Waals surface area contributed by atoms with Gasteiger partial charge in [-0.05, 0) is 162 Å². The van der Waals surface area contributed by atoms with Gasteiger partial charge in [-0.15, -0.1) is 9.98 Å². The standard InChI is InChI=1S/C49H68N8O10/c1-45(2,3)64-41(60)53-39(54-42(61)65-46(4,5)6)50-24-21-30-13-17-35(18-14-30)52-38(59)49-27-33(28-49)36(29-49)37(58)51-34-19-15-31(16-20-34)32-22-25-57(26-23-32)40(55-43(62)66-47(7,8)9)56-44(63)67-48(10,11)12/h13-20,22,33,36H,21,23-29H2,1-12H3,(H,51,58)(H,52,59)(H,55,56,62,63)(H2,50,53,54,60,61). The highest BCUT2D eigenvalue weighted by Gasteiger charge is 2.62. The molecule has 0 aromatic heterocycles. The summed E-state index contributed by atoms with van der Waals surface area (Å²) in [4.78, 5) is 86.9. The number of carbonyl (C=O) groups is 6. The van der Waals surface area contributed by atoms with Gasteiger partial charge in [0.05, 0.1) is 5.41 Å². The van der Waals surface area contributed by atoms with Crippen molar-refractivity contribution >= 4 is 65.1 Å². The average molecular weight is 929 g/mol. The van der Waals surface area contributed by atoms with E-state index in [0.29, 0.717) is 63.1 Å². The van der Waals surface area contributed by atoms with Crippen molar-refractivity contribution in [2.75, 3.05) is 30.3 Å². The monoisotopic (exact) mass is 929 g/mol. The van der Waals surface area contributed by atoms with E-state index in [1.807, 2.05) is 54.6 Å². The van der Waals surface area contributed by atoms with Crippen molar-refractivity contribution in [3.8, 4) is 0 Å². The predicted molar refractivity (Wildman–Crippen MR) is 255 cm³/mol. The topological polar surface area (TPSA) is 227 Å². The molecular weight excluding hydrogens is 861 g/mol. The third-order valence-electron chi connectivity index (χ3n) is 10.7. The van der Waals surface area contributed by atoms with Crippen LogP contribution in [0.2, 0.25) is 0 Å². The molecule has 1 atom stereocenters. The minimum atomic E-state index is -0.869. The molecule has 1 heterocycles. The summed E-state index contributed by atoms with van der Waals surface area (Å²) in [5.41, 5.74) is 0.602. The maximum absolute atomic E-state index is 13.6. The van der Waals surface area contributed by atoms with E-state index in [2.05, 4.69) is 36.6 Å². The molecule has 67 heavy (non-hydrogen) atoms. The molecule has 0 spiro atoms. The van der Waals surface area contributed by atoms with Gasteiger partial charge in [-0.3, -0.25) is 20.2 Å². The van der Waals surface area contributed by atoms with Crippen LogP contribution in [0.4, 0.5) is 30.6 Å². The molecule has 3 saturated carbocycles. The lowest BCUT2D eigenvalue weighted by Crippen LogP contribution is -2.48. The SMILES string of the molecule is CC(C)(C)OC(=O)/N=C(/NC(=O)OC(C)(C)C)N1CC=C(c2ccc(NC(=O)C3CC4(C(=O)Nc5ccc(CCN/C(=N\C(=O)OC(C)(C)C)NC(=O)OC(C)(C)C)cc5)CC3C4)cc2)CC1. The highest BCUT2D eigenvalue weighted by Crippen LogP contribution is 2.62. The molecule has 4 aliphatic rings. The number of hydrogen-bond donors (Lipinski definition) is 5. The Morgan fingerprint density at radius 1 is 0.657 bits per heavy atom. The summed E-state index contributed by atoms with van der Waals surface area (Å²) in [5, 5.41) is 14.2. The molecule has 5 N–H and O–H groups in total. The maximum Gasteiger partial charge on any atom is 0.437 e. The van der Waals surface area contributed by atoms with E-state index < -0.39 is 52.2 Å². The molecule has 2 aromatic carbocycles. The number of rotatable bonds is 8. The van der Waals surface area contributed by atoms with E-state index in [-0.39, 0.29) is 35.6 Å². The molecule has 0 radical (unpaired) electrons. The molecule has 364 valence electrons. The van der Waals surface area contributed by atoms with Crippen molar-refractivity contribution in [3.05, 3.63) is 65.7 Å². The van der Waals surface area contributed by atoms with Crippen LogP contribution in [0.1, 0.15) is 120 Å². The van der Waals surface area contributed by atoms with Crippen molar-refractivity contribution < 1.29 is 47.7 Å². The van der Waals surface area contributed by atoms with Crippen LogP contribution in [0.5, 0.6) is 0 Å². The summed E-state index contributed by atoms with van der Waals surface area (Å²) in [6.07, 6.45) is 1.64. The number of hydrogen-bond acceptors (Lipinski definition) is 10. The Morgan fingerprint density at radius 3 is 1.72 bits per heavy atom. The van der Waals surface area contributed by atoms with Crippen LogP contribution in [0.15, 0.2) is 64.6 Å². The van der Waals surface area contributed by atoms with E-state index >= 15 is 0 Å². The Labute approximate surface area is 393 Å². The van der Waals surface area contributed by atoms with Gasteiger partial charge in [0.1, 0.15) is 22.4 Å². The lowest BCUT2D eigenvalue weighted by atomic mass is 9.68. The van der Waals surface area contributed by atoms with E-state index in [0.717, 1.165) is 16.7 Å². The first-order valence-electron chi connectivity index (χ1n) is 22.7. The van der Waals surface area contributed by atoms with Gasteiger partial charge in [-0.25, -0.2) is 19.2 Å². The molecular formula is C49H68N8O10. The van der Waals surface area contributed by atoms with Gasteiger partial charge in [0.2, 0.25) is 23.7 Å². The molecule has 3 fully saturated rings. The van der Waals surface area contributed by atoms with E-state index in [4.69, 9.17) is 18.9 Å². The normalized spacial score (nSPS) is 19.8. The molecule has 1 aliphatic heterocycles. The number of anilines is 2. The number of benzene rings is 2. The molecule has 6 amide bonds. The fourth-order valence-electron chi connectivity index (χ4n) is 7.87. The summed E-state index contributed by atoms with van der Waals surface area (Å²) < 4.78 is 21.3. The first kappa shape index (κ1) is 51.5. The van der Waals surface area contributed by atoms with Crippen LogP contribution in [0.25, 0.3) is 5.57 Å². The quantitative estimate of drug-likeness (QED) is 0.0954. The van der Waals surface area contributed by atoms with Gasteiger partial charge in [0, 0.05) is 36.9 Å². The Kier molecular flexibility index (Phi) is 15.8. The van der Waals surface area contributed by atoms with Gasteiger partial charge in [0.25, 0.3) is 0 Å². The van der Waals surface area contributed by atoms with Crippen molar-refractivity contribution in [1.29, 1.82) is 0 Å². The van der Waals surface area contributed by atoms with Crippen LogP contribution < -0.4 is 26.6 Å². The summed E-state index contributed by atoms with van der Waals surface area (Å²) in [5.74, 6) is -0.437. The number of fused-ring (bicyclic) bond motifs is 1.